The third-order valence-corrected chi connectivity index (χ3v) is 2.67. The molecule has 0 unspecified atom stereocenters. The Morgan fingerprint density at radius 2 is 2.19 bits per heavy atom. The molecule has 0 amide bonds. The Labute approximate surface area is 102 Å². The summed E-state index contributed by atoms with van der Waals surface area (Å²) < 4.78 is 0. The van der Waals surface area contributed by atoms with Gasteiger partial charge in [-0.15, -0.1) is 16.9 Å². The van der Waals surface area contributed by atoms with Gasteiger partial charge in [-0.05, 0) is 24.3 Å². The fourth-order valence-electron chi connectivity index (χ4n) is 0.823. The molecule has 5 nitrogen and oxygen atoms in total. The average Bonchev–Trinajstić information content (AvgIpc) is 2.31. The number of guanidine groups is 1. The smallest absolute Gasteiger partial charge is 0.237 e. The standard InChI is InChI=1S/C9H11ClN4OS/c10-7-1-3-8(4-2-7)16-6-5-12-13-9(11)14-15/h1-5,15H,6H2,(H3,11,13,14). The quantitative estimate of drug-likeness (QED) is 0.332. The van der Waals surface area contributed by atoms with Gasteiger partial charge in [-0.3, -0.25) is 5.21 Å². The summed E-state index contributed by atoms with van der Waals surface area (Å²) in [6, 6.07) is 7.50. The Morgan fingerprint density at radius 3 is 2.81 bits per heavy atom. The zero-order valence-electron chi connectivity index (χ0n) is 8.30. The van der Waals surface area contributed by atoms with Crippen LogP contribution in [0.25, 0.3) is 0 Å². The molecule has 0 atom stereocenters. The normalized spacial score (nSPS) is 12.0. The predicted molar refractivity (Wildman–Crippen MR) is 67.2 cm³/mol. The van der Waals surface area contributed by atoms with E-state index in [1.54, 1.807) is 23.5 Å². The highest BCUT2D eigenvalue weighted by atomic mass is 35.5. The van der Waals surface area contributed by atoms with Gasteiger partial charge in [-0.2, -0.15) is 5.10 Å². The van der Waals surface area contributed by atoms with Crippen LogP contribution >= 0.6 is 23.4 Å². The van der Waals surface area contributed by atoms with Crippen LogP contribution in [0, 0.1) is 0 Å². The van der Waals surface area contributed by atoms with Crippen molar-refractivity contribution < 1.29 is 5.21 Å². The molecular weight excluding hydrogens is 248 g/mol. The minimum Gasteiger partial charge on any atom is -0.367 e. The molecule has 0 radical (unpaired) electrons. The van der Waals surface area contributed by atoms with Crippen LogP contribution in [0.4, 0.5) is 0 Å². The van der Waals surface area contributed by atoms with Crippen molar-refractivity contribution in [2.24, 2.45) is 15.9 Å². The largest absolute Gasteiger partial charge is 0.367 e. The Balaban J connectivity index is 2.33. The summed E-state index contributed by atoms with van der Waals surface area (Å²) in [7, 11) is 0. The van der Waals surface area contributed by atoms with Crippen LogP contribution in [0.2, 0.25) is 5.02 Å². The number of hydroxylamine groups is 1. The number of nitrogens with zero attached hydrogens (tertiary/aromatic N) is 2. The number of nitrogens with two attached hydrogens (primary N) is 1. The fourth-order valence-corrected chi connectivity index (χ4v) is 1.61. The highest BCUT2D eigenvalue weighted by Gasteiger charge is 1.91. The summed E-state index contributed by atoms with van der Waals surface area (Å²) >= 11 is 7.34. The number of thioether (sulfide) groups is 1. The maximum absolute atomic E-state index is 8.30. The lowest BCUT2D eigenvalue weighted by Gasteiger charge is -1.96. The summed E-state index contributed by atoms with van der Waals surface area (Å²) in [6.07, 6.45) is 1.59. The van der Waals surface area contributed by atoms with E-state index < -0.39 is 0 Å². The molecule has 0 saturated carbocycles. The van der Waals surface area contributed by atoms with Gasteiger partial charge in [-0.1, -0.05) is 11.6 Å². The third kappa shape index (κ3) is 5.01. The summed E-state index contributed by atoms with van der Waals surface area (Å²) in [5.74, 6) is 0.511. The van der Waals surface area contributed by atoms with Crippen LogP contribution in [0.5, 0.6) is 0 Å². The van der Waals surface area contributed by atoms with Crippen LogP contribution in [0.1, 0.15) is 0 Å². The third-order valence-electron chi connectivity index (χ3n) is 1.50. The molecule has 0 aliphatic rings. The van der Waals surface area contributed by atoms with Gasteiger partial charge in [0.25, 0.3) is 0 Å². The first-order valence-electron chi connectivity index (χ1n) is 4.36. The lowest BCUT2D eigenvalue weighted by molar-refractivity contribution is 0.232. The summed E-state index contributed by atoms with van der Waals surface area (Å²) in [5, 5.41) is 16.1. The van der Waals surface area contributed by atoms with Crippen LogP contribution in [-0.4, -0.2) is 23.1 Å². The van der Waals surface area contributed by atoms with E-state index in [1.165, 1.54) is 0 Å². The van der Waals surface area contributed by atoms with Gasteiger partial charge in [-0.25, -0.2) is 5.48 Å². The van der Waals surface area contributed by atoms with E-state index >= 15 is 0 Å². The molecule has 1 rings (SSSR count). The minimum atomic E-state index is -0.146. The molecule has 0 spiro atoms. The van der Waals surface area contributed by atoms with Crippen LogP contribution in [-0.2, 0) is 0 Å². The maximum atomic E-state index is 8.30. The van der Waals surface area contributed by atoms with Crippen molar-refractivity contribution in [2.45, 2.75) is 4.90 Å². The van der Waals surface area contributed by atoms with Gasteiger partial charge in [0.1, 0.15) is 0 Å². The van der Waals surface area contributed by atoms with Crippen molar-refractivity contribution in [3.63, 3.8) is 0 Å². The molecule has 7 heteroatoms. The molecule has 0 fully saturated rings. The lowest BCUT2D eigenvalue weighted by atomic mass is 10.4. The fraction of sp³-hybridized carbons (Fsp3) is 0.111. The Hall–Kier alpha value is -1.24. The van der Waals surface area contributed by atoms with E-state index in [-0.39, 0.29) is 5.96 Å². The molecule has 1 aromatic rings. The highest BCUT2D eigenvalue weighted by Crippen LogP contribution is 2.19. The van der Waals surface area contributed by atoms with Crippen molar-refractivity contribution in [1.82, 2.24) is 5.48 Å². The second-order valence-electron chi connectivity index (χ2n) is 2.66. The van der Waals surface area contributed by atoms with Crippen molar-refractivity contribution in [1.29, 1.82) is 0 Å². The second kappa shape index (κ2) is 7.10. The molecule has 0 saturated heterocycles. The van der Waals surface area contributed by atoms with Crippen LogP contribution in [0.3, 0.4) is 0 Å². The van der Waals surface area contributed by atoms with Crippen molar-refractivity contribution in [3.05, 3.63) is 29.3 Å². The number of hydrogen-bond donors (Lipinski definition) is 3. The highest BCUT2D eigenvalue weighted by molar-refractivity contribution is 7.99. The SMILES string of the molecule is N/C(=N/N=CCSc1ccc(Cl)cc1)NO. The topological polar surface area (TPSA) is 83.0 Å². The Morgan fingerprint density at radius 1 is 1.50 bits per heavy atom. The number of hydrogen-bond acceptors (Lipinski definition) is 4. The molecule has 86 valence electrons. The van der Waals surface area contributed by atoms with Gasteiger partial charge in [0, 0.05) is 21.9 Å². The molecule has 0 aliphatic carbocycles. The van der Waals surface area contributed by atoms with Gasteiger partial charge in [0.15, 0.2) is 0 Å². The first-order chi connectivity index (χ1) is 7.72. The van der Waals surface area contributed by atoms with Crippen LogP contribution in [0.15, 0.2) is 39.4 Å². The molecule has 0 heterocycles. The second-order valence-corrected chi connectivity index (χ2v) is 4.19. The van der Waals surface area contributed by atoms with Gasteiger partial charge in [0.05, 0.1) is 0 Å². The number of nitrogens with one attached hydrogen (secondary N) is 1. The first-order valence-corrected chi connectivity index (χ1v) is 5.72. The van der Waals surface area contributed by atoms with Crippen LogP contribution < -0.4 is 11.2 Å². The molecule has 0 aliphatic heterocycles. The number of rotatable bonds is 4. The van der Waals surface area contributed by atoms with Gasteiger partial charge in [0.2, 0.25) is 5.96 Å². The zero-order valence-corrected chi connectivity index (χ0v) is 9.87. The van der Waals surface area contributed by atoms with Crippen molar-refractivity contribution in [2.75, 3.05) is 5.75 Å². The van der Waals surface area contributed by atoms with E-state index in [0.717, 1.165) is 4.90 Å². The summed E-state index contributed by atoms with van der Waals surface area (Å²) in [4.78, 5) is 1.09. The lowest BCUT2D eigenvalue weighted by Crippen LogP contribution is -2.27. The zero-order chi connectivity index (χ0) is 11.8. The Kier molecular flexibility index (Phi) is 5.69. The van der Waals surface area contributed by atoms with E-state index in [2.05, 4.69) is 10.2 Å². The van der Waals surface area contributed by atoms with Gasteiger partial charge < -0.3 is 5.73 Å². The number of halogens is 1. The summed E-state index contributed by atoms with van der Waals surface area (Å²) in [6.45, 7) is 0. The molecule has 16 heavy (non-hydrogen) atoms. The predicted octanol–water partition coefficient (Wildman–Crippen LogP) is 1.71. The van der Waals surface area contributed by atoms with Gasteiger partial charge >= 0.3 is 0 Å². The van der Waals surface area contributed by atoms with Crippen molar-refractivity contribution >= 4 is 35.5 Å². The monoisotopic (exact) mass is 258 g/mol. The molecule has 0 bridgehead atoms. The average molecular weight is 259 g/mol. The van der Waals surface area contributed by atoms with E-state index in [4.69, 9.17) is 22.5 Å². The molecule has 0 aromatic heterocycles. The minimum absolute atomic E-state index is 0.146. The molecular formula is C9H11ClN4OS. The number of benzene rings is 1. The van der Waals surface area contributed by atoms with E-state index in [1.807, 2.05) is 24.3 Å². The van der Waals surface area contributed by atoms with E-state index in [0.29, 0.717) is 10.8 Å². The maximum Gasteiger partial charge on any atom is 0.237 e. The molecule has 4 N–H and O–H groups in total. The first kappa shape index (κ1) is 12.8. The summed E-state index contributed by atoms with van der Waals surface area (Å²) in [5.41, 5.74) is 6.81. The Bertz CT molecular complexity index is 380. The van der Waals surface area contributed by atoms with Crippen molar-refractivity contribution in [3.8, 4) is 0 Å². The molecule has 1 aromatic carbocycles. The van der Waals surface area contributed by atoms with E-state index in [9.17, 15) is 0 Å².